The van der Waals surface area contributed by atoms with E-state index in [4.69, 9.17) is 4.74 Å². The Kier molecular flexibility index (Phi) is 5.84. The van der Waals surface area contributed by atoms with Gasteiger partial charge in [-0.25, -0.2) is 0 Å². The number of diazo groups is 1. The van der Waals surface area contributed by atoms with E-state index in [1.54, 1.807) is 6.07 Å². The molecule has 0 fully saturated rings. The van der Waals surface area contributed by atoms with E-state index in [1.807, 2.05) is 31.2 Å². The van der Waals surface area contributed by atoms with Crippen molar-refractivity contribution in [3.8, 4) is 5.75 Å². The van der Waals surface area contributed by atoms with E-state index in [1.165, 1.54) is 11.1 Å². The van der Waals surface area contributed by atoms with Crippen LogP contribution in [0.25, 0.3) is 4.98 Å². The van der Waals surface area contributed by atoms with Gasteiger partial charge in [0, 0.05) is 30.9 Å². The van der Waals surface area contributed by atoms with Crippen LogP contribution in [0.2, 0.25) is 0 Å². The van der Waals surface area contributed by atoms with Crippen LogP contribution in [0.15, 0.2) is 78.9 Å². The van der Waals surface area contributed by atoms with E-state index >= 15 is 0 Å². The lowest BCUT2D eigenvalue weighted by molar-refractivity contribution is 0.342. The zero-order valence-electron chi connectivity index (χ0n) is 14.9. The molecule has 4 nitrogen and oxygen atoms in total. The third-order valence-corrected chi connectivity index (χ3v) is 4.15. The number of ether oxygens (including phenoxy) is 1. The van der Waals surface area contributed by atoms with Crippen LogP contribution < -0.4 is 9.64 Å². The smallest absolute Gasteiger partial charge is 0.426 e. The minimum atomic E-state index is 0.440. The number of anilines is 1. The van der Waals surface area contributed by atoms with Crippen LogP contribution in [-0.2, 0) is 13.1 Å². The Labute approximate surface area is 154 Å². The highest BCUT2D eigenvalue weighted by molar-refractivity contribution is 5.65. The monoisotopic (exact) mass is 344 g/mol. The van der Waals surface area contributed by atoms with Gasteiger partial charge in [-0.05, 0) is 24.1 Å². The van der Waals surface area contributed by atoms with Crippen LogP contribution in [0.3, 0.4) is 0 Å². The minimum Gasteiger partial charge on any atom is -0.486 e. The molecule has 3 aromatic carbocycles. The summed E-state index contributed by atoms with van der Waals surface area (Å²) in [6.45, 7) is 3.98. The van der Waals surface area contributed by atoms with Crippen molar-refractivity contribution in [3.05, 3.63) is 95.0 Å². The van der Waals surface area contributed by atoms with Crippen LogP contribution in [0, 0.1) is 5.39 Å². The van der Waals surface area contributed by atoms with Crippen LogP contribution >= 0.6 is 0 Å². The average molecular weight is 344 g/mol. The van der Waals surface area contributed by atoms with Gasteiger partial charge in [0.05, 0.1) is 6.61 Å². The summed E-state index contributed by atoms with van der Waals surface area (Å²) in [4.78, 5) is 5.60. The number of rotatable bonds is 7. The maximum Gasteiger partial charge on any atom is 0.426 e. The first-order valence-electron chi connectivity index (χ1n) is 8.75. The van der Waals surface area contributed by atoms with Crippen molar-refractivity contribution in [1.29, 1.82) is 5.39 Å². The molecule has 0 aliphatic rings. The summed E-state index contributed by atoms with van der Waals surface area (Å²) in [5.74, 6) is 0.582. The molecule has 0 radical (unpaired) electrons. The van der Waals surface area contributed by atoms with Gasteiger partial charge in [0.1, 0.15) is 0 Å². The normalized spacial score (nSPS) is 10.2. The van der Waals surface area contributed by atoms with E-state index in [0.717, 1.165) is 18.8 Å². The first-order valence-corrected chi connectivity index (χ1v) is 8.75. The molecule has 0 atom stereocenters. The van der Waals surface area contributed by atoms with Crippen LogP contribution in [-0.4, -0.2) is 6.61 Å². The standard InChI is InChI=1S/C22H22N3O/c1-2-26-22-15-20(13-14-21(22)24-23)25(16-18-9-5-3-6-10-18)17-19-11-7-4-8-12-19/h3-15H,2,16-17H2,1H3/q+1. The van der Waals surface area contributed by atoms with Crippen molar-refractivity contribution in [3.63, 3.8) is 0 Å². The van der Waals surface area contributed by atoms with Gasteiger partial charge in [0.15, 0.2) is 4.98 Å². The molecular weight excluding hydrogens is 322 g/mol. The summed E-state index contributed by atoms with van der Waals surface area (Å²) in [5, 5.41) is 9.18. The molecule has 3 aromatic rings. The Bertz CT molecular complexity index is 831. The third kappa shape index (κ3) is 4.40. The molecule has 0 saturated heterocycles. The Morgan fingerprint density at radius 3 is 1.92 bits per heavy atom. The SMILES string of the molecule is CCOc1cc(N(Cc2ccccc2)Cc2ccccc2)ccc1[N+]#N. The second kappa shape index (κ2) is 8.68. The van der Waals surface area contributed by atoms with Crippen molar-refractivity contribution < 1.29 is 4.74 Å². The van der Waals surface area contributed by atoms with Crippen LogP contribution in [0.1, 0.15) is 18.1 Å². The number of nitrogens with zero attached hydrogens (tertiary/aromatic N) is 3. The van der Waals surface area contributed by atoms with Crippen molar-refractivity contribution in [2.75, 3.05) is 11.5 Å². The maximum absolute atomic E-state index is 9.18. The van der Waals surface area contributed by atoms with Gasteiger partial charge < -0.3 is 9.64 Å². The topological polar surface area (TPSA) is 40.6 Å². The Balaban J connectivity index is 1.94. The van der Waals surface area contributed by atoms with Crippen molar-refractivity contribution in [2.45, 2.75) is 20.0 Å². The van der Waals surface area contributed by atoms with Crippen LogP contribution in [0.5, 0.6) is 5.75 Å². The molecule has 0 N–H and O–H groups in total. The van der Waals surface area contributed by atoms with Gasteiger partial charge in [0.2, 0.25) is 11.1 Å². The van der Waals surface area contributed by atoms with E-state index in [9.17, 15) is 5.39 Å². The summed E-state index contributed by atoms with van der Waals surface area (Å²) in [5.41, 5.74) is 3.93. The number of hydrogen-bond acceptors (Lipinski definition) is 3. The molecular formula is C22H22N3O+. The molecule has 4 heteroatoms. The predicted molar refractivity (Wildman–Crippen MR) is 105 cm³/mol. The van der Waals surface area contributed by atoms with E-state index in [0.29, 0.717) is 18.0 Å². The van der Waals surface area contributed by atoms with Crippen molar-refractivity contribution >= 4 is 11.4 Å². The Hall–Kier alpha value is -3.32. The van der Waals surface area contributed by atoms with Gasteiger partial charge >= 0.3 is 5.69 Å². The zero-order valence-corrected chi connectivity index (χ0v) is 14.9. The fraction of sp³-hybridized carbons (Fsp3) is 0.182. The highest BCUT2D eigenvalue weighted by atomic mass is 16.5. The summed E-state index contributed by atoms with van der Waals surface area (Å²) in [6, 6.07) is 26.4. The highest BCUT2D eigenvalue weighted by Gasteiger charge is 2.18. The fourth-order valence-corrected chi connectivity index (χ4v) is 2.90. The molecule has 0 spiro atoms. The predicted octanol–water partition coefficient (Wildman–Crippen LogP) is 5.78. The summed E-state index contributed by atoms with van der Waals surface area (Å²) in [7, 11) is 0. The fourth-order valence-electron chi connectivity index (χ4n) is 2.90. The molecule has 0 aromatic heterocycles. The second-order valence-electron chi connectivity index (χ2n) is 6.01. The molecule has 130 valence electrons. The molecule has 26 heavy (non-hydrogen) atoms. The molecule has 0 bridgehead atoms. The summed E-state index contributed by atoms with van der Waals surface area (Å²) in [6.07, 6.45) is 0. The quantitative estimate of drug-likeness (QED) is 0.510. The van der Waals surface area contributed by atoms with Gasteiger partial charge in [-0.1, -0.05) is 60.7 Å². The molecule has 0 heterocycles. The Morgan fingerprint density at radius 2 is 1.42 bits per heavy atom. The zero-order chi connectivity index (χ0) is 18.2. The van der Waals surface area contributed by atoms with Gasteiger partial charge in [0.25, 0.3) is 0 Å². The maximum atomic E-state index is 9.18. The number of hydrogen-bond donors (Lipinski definition) is 0. The van der Waals surface area contributed by atoms with Crippen molar-refractivity contribution in [1.82, 2.24) is 0 Å². The second-order valence-corrected chi connectivity index (χ2v) is 6.01. The van der Waals surface area contributed by atoms with Gasteiger partial charge in [-0.2, -0.15) is 0 Å². The highest BCUT2D eigenvalue weighted by Crippen LogP contribution is 2.33. The van der Waals surface area contributed by atoms with Crippen LogP contribution in [0.4, 0.5) is 11.4 Å². The molecule has 3 rings (SSSR count). The summed E-state index contributed by atoms with van der Waals surface area (Å²) >= 11 is 0. The molecule has 0 unspecified atom stereocenters. The van der Waals surface area contributed by atoms with Crippen molar-refractivity contribution in [2.24, 2.45) is 0 Å². The summed E-state index contributed by atoms with van der Waals surface area (Å²) < 4.78 is 5.64. The minimum absolute atomic E-state index is 0.440. The lowest BCUT2D eigenvalue weighted by Gasteiger charge is -2.25. The molecule has 0 saturated carbocycles. The average Bonchev–Trinajstić information content (AvgIpc) is 2.69. The van der Waals surface area contributed by atoms with Gasteiger partial charge in [-0.15, -0.1) is 0 Å². The number of benzene rings is 3. The first kappa shape index (κ1) is 17.5. The lowest BCUT2D eigenvalue weighted by Crippen LogP contribution is -2.22. The van der Waals surface area contributed by atoms with E-state index in [-0.39, 0.29) is 0 Å². The first-order chi connectivity index (χ1) is 12.8. The van der Waals surface area contributed by atoms with E-state index in [2.05, 4.69) is 58.4 Å². The van der Waals surface area contributed by atoms with E-state index < -0.39 is 0 Å². The third-order valence-electron chi connectivity index (χ3n) is 4.15. The molecule has 0 aliphatic heterocycles. The molecule has 0 aliphatic carbocycles. The Morgan fingerprint density at radius 1 is 0.846 bits per heavy atom. The largest absolute Gasteiger partial charge is 0.486 e. The van der Waals surface area contributed by atoms with Gasteiger partial charge in [-0.3, -0.25) is 0 Å². The lowest BCUT2D eigenvalue weighted by atomic mass is 10.1. The molecule has 0 amide bonds.